The van der Waals surface area contributed by atoms with Crippen molar-refractivity contribution < 1.29 is 14.4 Å². The fourth-order valence-electron chi connectivity index (χ4n) is 3.13. The van der Waals surface area contributed by atoms with Crippen molar-refractivity contribution in [2.45, 2.75) is 18.9 Å². The van der Waals surface area contributed by atoms with Crippen LogP contribution in [0.3, 0.4) is 0 Å². The first-order valence-corrected chi connectivity index (χ1v) is 8.92. The van der Waals surface area contributed by atoms with Crippen molar-refractivity contribution >= 4 is 29.1 Å². The van der Waals surface area contributed by atoms with Crippen molar-refractivity contribution in [3.05, 3.63) is 24.3 Å². The Labute approximate surface area is 152 Å². The molecule has 2 heterocycles. The molecule has 8 nitrogen and oxygen atoms in total. The molecule has 8 heteroatoms. The Kier molecular flexibility index (Phi) is 5.72. The standard InChI is InChI=1S/C18H25N5O3/c1-22-8-10-23(11-9-22)14-4-2-13(3-5-14)20-17(25)12-19-18(26)15-6-7-16(24)21-15/h2-5,15H,6-12H2,1H3,(H,19,26)(H,20,25)(H,21,24). The van der Waals surface area contributed by atoms with Crippen LogP contribution in [0, 0.1) is 0 Å². The van der Waals surface area contributed by atoms with E-state index in [-0.39, 0.29) is 24.3 Å². The van der Waals surface area contributed by atoms with Crippen LogP contribution in [0.1, 0.15) is 12.8 Å². The van der Waals surface area contributed by atoms with Crippen LogP contribution in [0.25, 0.3) is 0 Å². The Morgan fingerprint density at radius 2 is 1.85 bits per heavy atom. The number of hydrogen-bond acceptors (Lipinski definition) is 5. The molecule has 2 aliphatic rings. The number of piperazine rings is 1. The molecule has 0 spiro atoms. The van der Waals surface area contributed by atoms with Crippen LogP contribution in [0.15, 0.2) is 24.3 Å². The molecule has 3 rings (SSSR count). The minimum absolute atomic E-state index is 0.120. The first kappa shape index (κ1) is 18.2. The van der Waals surface area contributed by atoms with Crippen molar-refractivity contribution in [3.63, 3.8) is 0 Å². The van der Waals surface area contributed by atoms with Crippen molar-refractivity contribution in [3.8, 4) is 0 Å². The van der Waals surface area contributed by atoms with E-state index in [1.807, 2.05) is 24.3 Å². The minimum Gasteiger partial charge on any atom is -0.369 e. The number of carbonyl (C=O) groups excluding carboxylic acids is 3. The molecule has 3 amide bonds. The van der Waals surface area contributed by atoms with Gasteiger partial charge in [-0.3, -0.25) is 14.4 Å². The van der Waals surface area contributed by atoms with Crippen molar-refractivity contribution in [1.82, 2.24) is 15.5 Å². The molecule has 0 aromatic heterocycles. The predicted octanol–water partition coefficient (Wildman–Crippen LogP) is -0.228. The molecule has 0 radical (unpaired) electrons. The van der Waals surface area contributed by atoms with Gasteiger partial charge in [-0.2, -0.15) is 0 Å². The van der Waals surface area contributed by atoms with Crippen molar-refractivity contribution in [1.29, 1.82) is 0 Å². The van der Waals surface area contributed by atoms with Gasteiger partial charge in [0.05, 0.1) is 6.54 Å². The van der Waals surface area contributed by atoms with Crippen LogP contribution in [-0.4, -0.2) is 68.4 Å². The van der Waals surface area contributed by atoms with Gasteiger partial charge in [0.2, 0.25) is 17.7 Å². The molecule has 1 aromatic carbocycles. The second kappa shape index (κ2) is 8.18. The molecular weight excluding hydrogens is 334 g/mol. The van der Waals surface area contributed by atoms with Gasteiger partial charge in [-0.05, 0) is 37.7 Å². The number of amides is 3. The average Bonchev–Trinajstić information content (AvgIpc) is 3.08. The summed E-state index contributed by atoms with van der Waals surface area (Å²) in [5, 5.41) is 7.90. The Morgan fingerprint density at radius 1 is 1.15 bits per heavy atom. The minimum atomic E-state index is -0.529. The summed E-state index contributed by atoms with van der Waals surface area (Å²) in [7, 11) is 2.12. The van der Waals surface area contributed by atoms with E-state index in [1.165, 1.54) is 0 Å². The van der Waals surface area contributed by atoms with E-state index < -0.39 is 6.04 Å². The molecule has 3 N–H and O–H groups in total. The lowest BCUT2D eigenvalue weighted by atomic mass is 10.2. The second-order valence-corrected chi connectivity index (χ2v) is 6.76. The molecule has 1 aromatic rings. The van der Waals surface area contributed by atoms with Crippen LogP contribution in [0.2, 0.25) is 0 Å². The highest BCUT2D eigenvalue weighted by atomic mass is 16.2. The van der Waals surface area contributed by atoms with Crippen molar-refractivity contribution in [2.75, 3.05) is 50.0 Å². The summed E-state index contributed by atoms with van der Waals surface area (Å²) in [6, 6.07) is 7.19. The van der Waals surface area contributed by atoms with E-state index in [1.54, 1.807) is 0 Å². The zero-order valence-electron chi connectivity index (χ0n) is 15.0. The highest BCUT2D eigenvalue weighted by Crippen LogP contribution is 2.19. The van der Waals surface area contributed by atoms with Crippen LogP contribution in [0.5, 0.6) is 0 Å². The van der Waals surface area contributed by atoms with Crippen LogP contribution in [0.4, 0.5) is 11.4 Å². The summed E-state index contributed by atoms with van der Waals surface area (Å²) < 4.78 is 0. The van der Waals surface area contributed by atoms with Gasteiger partial charge in [0, 0.05) is 44.0 Å². The van der Waals surface area contributed by atoms with Gasteiger partial charge < -0.3 is 25.8 Å². The number of benzene rings is 1. The number of nitrogens with one attached hydrogen (secondary N) is 3. The molecular formula is C18H25N5O3. The highest BCUT2D eigenvalue weighted by Gasteiger charge is 2.27. The maximum Gasteiger partial charge on any atom is 0.243 e. The Balaban J connectivity index is 1.44. The SMILES string of the molecule is CN1CCN(c2ccc(NC(=O)CNC(=O)C3CCC(=O)N3)cc2)CC1. The zero-order valence-corrected chi connectivity index (χ0v) is 15.0. The number of likely N-dealkylation sites (N-methyl/N-ethyl adjacent to an activating group) is 1. The number of anilines is 2. The lowest BCUT2D eigenvalue weighted by Gasteiger charge is -2.34. The molecule has 1 unspecified atom stereocenters. The largest absolute Gasteiger partial charge is 0.369 e. The maximum absolute atomic E-state index is 12.0. The quantitative estimate of drug-likeness (QED) is 0.675. The van der Waals surface area contributed by atoms with Gasteiger partial charge in [0.25, 0.3) is 0 Å². The molecule has 0 aliphatic carbocycles. The Hall–Kier alpha value is -2.61. The lowest BCUT2D eigenvalue weighted by molar-refractivity contribution is -0.127. The highest BCUT2D eigenvalue weighted by molar-refractivity contribution is 5.96. The van der Waals surface area contributed by atoms with Gasteiger partial charge in [0.15, 0.2) is 0 Å². The maximum atomic E-state index is 12.0. The third-order valence-electron chi connectivity index (χ3n) is 4.75. The summed E-state index contributed by atoms with van der Waals surface area (Å²) in [5.74, 6) is -0.749. The Bertz CT molecular complexity index is 668. The van der Waals surface area contributed by atoms with E-state index in [4.69, 9.17) is 0 Å². The molecule has 1 atom stereocenters. The first-order chi connectivity index (χ1) is 12.5. The summed E-state index contributed by atoms with van der Waals surface area (Å²) in [4.78, 5) is 39.6. The van der Waals surface area contributed by atoms with Gasteiger partial charge in [-0.25, -0.2) is 0 Å². The van der Waals surface area contributed by atoms with Gasteiger partial charge in [0.1, 0.15) is 6.04 Å². The molecule has 2 fully saturated rings. The van der Waals surface area contributed by atoms with Gasteiger partial charge in [-0.15, -0.1) is 0 Å². The topological polar surface area (TPSA) is 93.8 Å². The number of carbonyl (C=O) groups is 3. The summed E-state index contributed by atoms with van der Waals surface area (Å²) in [6.45, 7) is 3.95. The zero-order chi connectivity index (χ0) is 18.5. The third-order valence-corrected chi connectivity index (χ3v) is 4.75. The average molecular weight is 359 g/mol. The van der Waals surface area contributed by atoms with Crippen molar-refractivity contribution in [2.24, 2.45) is 0 Å². The number of rotatable bonds is 5. The van der Waals surface area contributed by atoms with E-state index in [0.29, 0.717) is 18.5 Å². The fraction of sp³-hybridized carbons (Fsp3) is 0.500. The van der Waals surface area contributed by atoms with E-state index in [0.717, 1.165) is 31.9 Å². The molecule has 0 bridgehead atoms. The summed E-state index contributed by atoms with van der Waals surface area (Å²) in [5.41, 5.74) is 1.83. The van der Waals surface area contributed by atoms with E-state index in [2.05, 4.69) is 32.8 Å². The molecule has 140 valence electrons. The predicted molar refractivity (Wildman–Crippen MR) is 99.0 cm³/mol. The van der Waals surface area contributed by atoms with Gasteiger partial charge >= 0.3 is 0 Å². The van der Waals surface area contributed by atoms with Crippen LogP contribution < -0.4 is 20.9 Å². The first-order valence-electron chi connectivity index (χ1n) is 8.92. The number of nitrogens with zero attached hydrogens (tertiary/aromatic N) is 2. The molecule has 2 saturated heterocycles. The molecule has 2 aliphatic heterocycles. The van der Waals surface area contributed by atoms with Crippen LogP contribution >= 0.6 is 0 Å². The summed E-state index contributed by atoms with van der Waals surface area (Å²) >= 11 is 0. The monoisotopic (exact) mass is 359 g/mol. The second-order valence-electron chi connectivity index (χ2n) is 6.76. The smallest absolute Gasteiger partial charge is 0.243 e. The molecule has 26 heavy (non-hydrogen) atoms. The lowest BCUT2D eigenvalue weighted by Crippen LogP contribution is -2.44. The Morgan fingerprint density at radius 3 is 2.46 bits per heavy atom. The normalized spacial score (nSPS) is 20.6. The van der Waals surface area contributed by atoms with E-state index >= 15 is 0 Å². The molecule has 0 saturated carbocycles. The fourth-order valence-corrected chi connectivity index (χ4v) is 3.13. The van der Waals surface area contributed by atoms with Gasteiger partial charge in [-0.1, -0.05) is 0 Å². The number of hydrogen-bond donors (Lipinski definition) is 3. The third kappa shape index (κ3) is 4.72. The summed E-state index contributed by atoms with van der Waals surface area (Å²) in [6.07, 6.45) is 0.823. The van der Waals surface area contributed by atoms with E-state index in [9.17, 15) is 14.4 Å². The van der Waals surface area contributed by atoms with Crippen LogP contribution in [-0.2, 0) is 14.4 Å².